The molecule has 0 fully saturated rings. The fraction of sp³-hybridized carbons (Fsp3) is 0.714. The summed E-state index contributed by atoms with van der Waals surface area (Å²) >= 11 is 5.76. The van der Waals surface area contributed by atoms with E-state index in [4.69, 9.17) is 0 Å². The maximum absolute atomic E-state index is 10.5. The third-order valence-corrected chi connectivity index (χ3v) is 2.39. The van der Waals surface area contributed by atoms with Gasteiger partial charge in [-0.2, -0.15) is 11.8 Å². The number of nitrogens with one attached hydrogen (secondary N) is 1. The molecule has 0 aromatic heterocycles. The molecule has 0 aliphatic heterocycles. The third-order valence-electron chi connectivity index (χ3n) is 1.23. The van der Waals surface area contributed by atoms with E-state index in [9.17, 15) is 4.79 Å². The van der Waals surface area contributed by atoms with Gasteiger partial charge in [-0.1, -0.05) is 5.16 Å². The summed E-state index contributed by atoms with van der Waals surface area (Å²) in [5.74, 6) is 0. The molecule has 0 aromatic carbocycles. The van der Waals surface area contributed by atoms with Crippen LogP contribution in [-0.4, -0.2) is 30.4 Å². The Balaban J connectivity index is 0. The Morgan fingerprint density at radius 1 is 1.64 bits per heavy atom. The van der Waals surface area contributed by atoms with Crippen LogP contribution in [0.3, 0.4) is 0 Å². The maximum atomic E-state index is 10.5. The number of nitrogens with zero attached hydrogens (tertiary/aromatic N) is 1. The minimum Gasteiger partial charge on any atom is -0.323 e. The molecule has 0 aliphatic carbocycles. The van der Waals surface area contributed by atoms with Gasteiger partial charge in [0.05, 0.1) is 6.21 Å². The molecular formula is C7H16ClN3O2S. The van der Waals surface area contributed by atoms with Gasteiger partial charge in [0, 0.05) is 11.8 Å². The maximum Gasteiger partial charge on any atom is 0.433 e. The number of nitrogens with two attached hydrogens (primary N) is 1. The van der Waals surface area contributed by atoms with Crippen LogP contribution in [0.15, 0.2) is 5.16 Å². The van der Waals surface area contributed by atoms with E-state index in [0.29, 0.717) is 0 Å². The van der Waals surface area contributed by atoms with Crippen LogP contribution in [0.25, 0.3) is 0 Å². The SMILES string of the molecule is CNC(=O)O/N=C/C(C)(C)SC.NCl. The molecule has 0 spiro atoms. The van der Waals surface area contributed by atoms with Crippen molar-refractivity contribution in [3.8, 4) is 0 Å². The zero-order valence-corrected chi connectivity index (χ0v) is 10.3. The van der Waals surface area contributed by atoms with E-state index in [-0.39, 0.29) is 4.75 Å². The van der Waals surface area contributed by atoms with Crippen LogP contribution >= 0.6 is 23.5 Å². The molecule has 7 heteroatoms. The van der Waals surface area contributed by atoms with Crippen molar-refractivity contribution >= 4 is 35.8 Å². The standard InChI is InChI=1S/C7H14N2O2S.ClH2N/c1-7(2,12-4)5-9-11-6(10)8-3;1-2/h5H,1-4H3,(H,8,10);2H2/b9-5+;. The van der Waals surface area contributed by atoms with Gasteiger partial charge in [0.2, 0.25) is 0 Å². The molecule has 0 bridgehead atoms. The summed E-state index contributed by atoms with van der Waals surface area (Å²) in [6, 6.07) is 0. The topological polar surface area (TPSA) is 76.7 Å². The number of rotatable bonds is 3. The first-order chi connectivity index (χ1) is 6.52. The lowest BCUT2D eigenvalue weighted by molar-refractivity contribution is 0.153. The first kappa shape index (κ1) is 16.0. The molecule has 3 N–H and O–H groups in total. The predicted octanol–water partition coefficient (Wildman–Crippen LogP) is 1.57. The van der Waals surface area contributed by atoms with Crippen molar-refractivity contribution in [2.75, 3.05) is 13.3 Å². The number of amides is 1. The molecule has 5 nitrogen and oxygen atoms in total. The van der Waals surface area contributed by atoms with Crippen molar-refractivity contribution < 1.29 is 9.63 Å². The summed E-state index contributed by atoms with van der Waals surface area (Å²) < 4.78 is -0.103. The molecule has 0 aliphatic rings. The van der Waals surface area contributed by atoms with E-state index in [1.807, 2.05) is 20.1 Å². The fourth-order valence-electron chi connectivity index (χ4n) is 0.299. The zero-order valence-electron chi connectivity index (χ0n) is 8.70. The van der Waals surface area contributed by atoms with Crippen LogP contribution < -0.4 is 10.6 Å². The highest BCUT2D eigenvalue weighted by atomic mass is 35.5. The molecule has 14 heavy (non-hydrogen) atoms. The van der Waals surface area contributed by atoms with Gasteiger partial charge in [0.15, 0.2) is 0 Å². The summed E-state index contributed by atoms with van der Waals surface area (Å²) in [5.41, 5.74) is 0. The van der Waals surface area contributed by atoms with Crippen molar-refractivity contribution in [1.82, 2.24) is 5.32 Å². The van der Waals surface area contributed by atoms with E-state index in [1.54, 1.807) is 18.0 Å². The Labute approximate surface area is 93.5 Å². The van der Waals surface area contributed by atoms with E-state index in [0.717, 1.165) is 0 Å². The molecule has 0 saturated heterocycles. The van der Waals surface area contributed by atoms with Gasteiger partial charge >= 0.3 is 6.09 Å². The molecule has 0 radical (unpaired) electrons. The molecule has 0 atom stereocenters. The van der Waals surface area contributed by atoms with Gasteiger partial charge in [-0.15, -0.1) is 0 Å². The van der Waals surface area contributed by atoms with Gasteiger partial charge in [-0.05, 0) is 31.9 Å². The summed E-state index contributed by atoms with van der Waals surface area (Å²) in [5, 5.41) is 9.79. The van der Waals surface area contributed by atoms with Crippen molar-refractivity contribution in [3.63, 3.8) is 0 Å². The highest BCUT2D eigenvalue weighted by molar-refractivity contribution is 8.00. The number of hydrogen-bond donors (Lipinski definition) is 2. The van der Waals surface area contributed by atoms with Crippen molar-refractivity contribution in [2.45, 2.75) is 18.6 Å². The second-order valence-corrected chi connectivity index (χ2v) is 4.13. The molecule has 0 aromatic rings. The van der Waals surface area contributed by atoms with E-state index < -0.39 is 6.09 Å². The Hall–Kier alpha value is -0.460. The van der Waals surface area contributed by atoms with E-state index in [2.05, 4.69) is 32.3 Å². The highest BCUT2D eigenvalue weighted by Crippen LogP contribution is 2.17. The quantitative estimate of drug-likeness (QED) is 0.340. The summed E-state index contributed by atoms with van der Waals surface area (Å²) in [4.78, 5) is 15.0. The van der Waals surface area contributed by atoms with Gasteiger partial charge in [-0.25, -0.2) is 10.0 Å². The van der Waals surface area contributed by atoms with Crippen LogP contribution in [0.2, 0.25) is 0 Å². The zero-order chi connectivity index (χ0) is 11.6. The van der Waals surface area contributed by atoms with Gasteiger partial charge in [0.1, 0.15) is 0 Å². The van der Waals surface area contributed by atoms with Gasteiger partial charge in [0.25, 0.3) is 0 Å². The third kappa shape index (κ3) is 9.63. The van der Waals surface area contributed by atoms with Gasteiger partial charge < -0.3 is 5.32 Å². The molecule has 0 rings (SSSR count). The molecule has 1 amide bonds. The minimum atomic E-state index is -0.553. The second-order valence-electron chi connectivity index (χ2n) is 2.67. The molecule has 84 valence electrons. The summed E-state index contributed by atoms with van der Waals surface area (Å²) in [6.07, 6.45) is 3.00. The number of carbonyl (C=O) groups excluding carboxylic acids is 1. The van der Waals surface area contributed by atoms with Crippen LogP contribution in [0.5, 0.6) is 0 Å². The number of thioether (sulfide) groups is 1. The Kier molecular flexibility index (Phi) is 10.4. The van der Waals surface area contributed by atoms with Crippen LogP contribution in [0.4, 0.5) is 4.79 Å². The highest BCUT2D eigenvalue weighted by Gasteiger charge is 2.12. The van der Waals surface area contributed by atoms with Crippen molar-refractivity contribution in [1.29, 1.82) is 0 Å². The smallest absolute Gasteiger partial charge is 0.323 e. The average molecular weight is 242 g/mol. The van der Waals surface area contributed by atoms with E-state index in [1.165, 1.54) is 7.05 Å². The lowest BCUT2D eigenvalue weighted by atomic mass is 10.2. The van der Waals surface area contributed by atoms with E-state index >= 15 is 0 Å². The predicted molar refractivity (Wildman–Crippen MR) is 61.7 cm³/mol. The number of halogens is 1. The van der Waals surface area contributed by atoms with Crippen LogP contribution in [-0.2, 0) is 4.84 Å². The first-order valence-corrected chi connectivity index (χ1v) is 5.38. The number of carbonyl (C=O) groups is 1. The normalized spacial score (nSPS) is 10.4. The molecule has 0 unspecified atom stereocenters. The van der Waals surface area contributed by atoms with Crippen molar-refractivity contribution in [2.24, 2.45) is 10.4 Å². The summed E-state index contributed by atoms with van der Waals surface area (Å²) in [7, 11) is 1.48. The minimum absolute atomic E-state index is 0.103. The molecular weight excluding hydrogens is 226 g/mol. The lowest BCUT2D eigenvalue weighted by Gasteiger charge is -2.13. The van der Waals surface area contributed by atoms with Gasteiger partial charge in [-0.3, -0.25) is 4.84 Å². The Bertz CT molecular complexity index is 188. The lowest BCUT2D eigenvalue weighted by Crippen LogP contribution is -2.19. The Morgan fingerprint density at radius 3 is 2.50 bits per heavy atom. The first-order valence-electron chi connectivity index (χ1n) is 3.72. The molecule has 0 saturated carbocycles. The number of oxime groups is 1. The average Bonchev–Trinajstić information content (AvgIpc) is 2.20. The molecule has 0 heterocycles. The van der Waals surface area contributed by atoms with Crippen LogP contribution in [0, 0.1) is 0 Å². The van der Waals surface area contributed by atoms with Crippen LogP contribution in [0.1, 0.15) is 13.8 Å². The number of hydrogen-bond acceptors (Lipinski definition) is 5. The monoisotopic (exact) mass is 241 g/mol. The van der Waals surface area contributed by atoms with Crippen molar-refractivity contribution in [3.05, 3.63) is 0 Å². The summed E-state index contributed by atoms with van der Waals surface area (Å²) in [6.45, 7) is 3.96. The Morgan fingerprint density at radius 2 is 2.14 bits per heavy atom. The largest absolute Gasteiger partial charge is 0.433 e. The fourth-order valence-corrected chi connectivity index (χ4v) is 0.448. The second kappa shape index (κ2) is 9.11.